The smallest absolute Gasteiger partial charge is 0.330 e. The summed E-state index contributed by atoms with van der Waals surface area (Å²) in [6, 6.07) is 7.37. The Balaban J connectivity index is 2.04. The summed E-state index contributed by atoms with van der Waals surface area (Å²) in [4.78, 5) is 23.7. The van der Waals surface area contributed by atoms with E-state index in [2.05, 4.69) is 12.2 Å². The first-order valence-corrected chi connectivity index (χ1v) is 9.19. The number of hydrogen-bond acceptors (Lipinski definition) is 4. The number of thioether (sulfide) groups is 2. The summed E-state index contributed by atoms with van der Waals surface area (Å²) in [5.41, 5.74) is 0.568. The van der Waals surface area contributed by atoms with Crippen molar-refractivity contribution in [3.05, 3.63) is 35.4 Å². The van der Waals surface area contributed by atoms with Gasteiger partial charge in [-0.2, -0.15) is 23.5 Å². The standard InChI is InChI=1S/C15H19NO3S2/c1-2-20-9-11-3-5-12(6-4-11)13(17)16-15(14(18)19)7-8-21-10-15/h3-6H,2,7-10H2,1H3,(H,16,17)(H,18,19). The van der Waals surface area contributed by atoms with E-state index < -0.39 is 11.5 Å². The molecular formula is C15H19NO3S2. The van der Waals surface area contributed by atoms with Crippen LogP contribution < -0.4 is 5.32 Å². The molecule has 1 unspecified atom stereocenters. The third kappa shape index (κ3) is 3.95. The van der Waals surface area contributed by atoms with E-state index in [1.54, 1.807) is 23.9 Å². The summed E-state index contributed by atoms with van der Waals surface area (Å²) >= 11 is 3.38. The molecule has 1 aliphatic heterocycles. The van der Waals surface area contributed by atoms with Gasteiger partial charge in [-0.05, 0) is 35.6 Å². The third-order valence-electron chi connectivity index (χ3n) is 3.47. The van der Waals surface area contributed by atoms with E-state index in [1.165, 1.54) is 5.56 Å². The molecular weight excluding hydrogens is 306 g/mol. The minimum absolute atomic E-state index is 0.311. The highest BCUT2D eigenvalue weighted by atomic mass is 32.2. The Morgan fingerprint density at radius 1 is 1.38 bits per heavy atom. The van der Waals surface area contributed by atoms with Gasteiger partial charge in [0.1, 0.15) is 5.54 Å². The molecule has 0 saturated carbocycles. The Morgan fingerprint density at radius 2 is 2.10 bits per heavy atom. The lowest BCUT2D eigenvalue weighted by Crippen LogP contribution is -2.54. The lowest BCUT2D eigenvalue weighted by atomic mass is 9.98. The summed E-state index contributed by atoms with van der Waals surface area (Å²) < 4.78 is 0. The SMILES string of the molecule is CCSCc1ccc(C(=O)NC2(C(=O)O)CCSC2)cc1. The van der Waals surface area contributed by atoms with Crippen LogP contribution in [0.25, 0.3) is 0 Å². The van der Waals surface area contributed by atoms with Gasteiger partial charge in [0, 0.05) is 17.1 Å². The zero-order chi connectivity index (χ0) is 15.3. The molecule has 1 atom stereocenters. The fourth-order valence-corrected chi connectivity index (χ4v) is 4.11. The molecule has 21 heavy (non-hydrogen) atoms. The van der Waals surface area contributed by atoms with Crippen molar-refractivity contribution < 1.29 is 14.7 Å². The van der Waals surface area contributed by atoms with Crippen LogP contribution in [0.1, 0.15) is 29.3 Å². The van der Waals surface area contributed by atoms with Gasteiger partial charge in [-0.3, -0.25) is 4.79 Å². The predicted molar refractivity (Wildman–Crippen MR) is 88.1 cm³/mol. The molecule has 1 aromatic carbocycles. The van der Waals surface area contributed by atoms with Crippen LogP contribution in [0, 0.1) is 0 Å². The van der Waals surface area contributed by atoms with Gasteiger partial charge >= 0.3 is 5.97 Å². The molecule has 1 fully saturated rings. The number of benzene rings is 1. The van der Waals surface area contributed by atoms with Gasteiger partial charge < -0.3 is 10.4 Å². The normalized spacial score (nSPS) is 21.2. The molecule has 6 heteroatoms. The zero-order valence-electron chi connectivity index (χ0n) is 11.9. The number of nitrogens with one attached hydrogen (secondary N) is 1. The second-order valence-corrected chi connectivity index (χ2v) is 7.36. The van der Waals surface area contributed by atoms with Crippen LogP contribution in [0.3, 0.4) is 0 Å². The van der Waals surface area contributed by atoms with Gasteiger partial charge in [0.15, 0.2) is 0 Å². The van der Waals surface area contributed by atoms with Gasteiger partial charge in [-0.1, -0.05) is 19.1 Å². The second kappa shape index (κ2) is 7.22. The maximum atomic E-state index is 12.2. The Bertz CT molecular complexity index is 510. The number of rotatable bonds is 6. The van der Waals surface area contributed by atoms with Crippen LogP contribution in [0.15, 0.2) is 24.3 Å². The fourth-order valence-electron chi connectivity index (χ4n) is 2.15. The second-order valence-electron chi connectivity index (χ2n) is 4.98. The molecule has 1 heterocycles. The maximum absolute atomic E-state index is 12.2. The maximum Gasteiger partial charge on any atom is 0.330 e. The van der Waals surface area contributed by atoms with Gasteiger partial charge in [-0.25, -0.2) is 4.79 Å². The van der Waals surface area contributed by atoms with Crippen LogP contribution >= 0.6 is 23.5 Å². The summed E-state index contributed by atoms with van der Waals surface area (Å²) in [5, 5.41) is 12.1. The van der Waals surface area contributed by atoms with Crippen LogP contribution in [0.5, 0.6) is 0 Å². The van der Waals surface area contributed by atoms with Gasteiger partial charge in [0.2, 0.25) is 0 Å². The van der Waals surface area contributed by atoms with E-state index in [4.69, 9.17) is 0 Å². The van der Waals surface area contributed by atoms with Crippen molar-refractivity contribution in [3.63, 3.8) is 0 Å². The highest BCUT2D eigenvalue weighted by Gasteiger charge is 2.43. The number of carbonyl (C=O) groups is 2. The van der Waals surface area contributed by atoms with Crippen molar-refractivity contribution in [1.82, 2.24) is 5.32 Å². The zero-order valence-corrected chi connectivity index (χ0v) is 13.6. The topological polar surface area (TPSA) is 66.4 Å². The lowest BCUT2D eigenvalue weighted by molar-refractivity contribution is -0.143. The lowest BCUT2D eigenvalue weighted by Gasteiger charge is -2.24. The van der Waals surface area contributed by atoms with E-state index in [9.17, 15) is 14.7 Å². The molecule has 4 nitrogen and oxygen atoms in total. The molecule has 0 aromatic heterocycles. The molecule has 1 aliphatic rings. The quantitative estimate of drug-likeness (QED) is 0.841. The summed E-state index contributed by atoms with van der Waals surface area (Å²) in [6.45, 7) is 2.11. The van der Waals surface area contributed by atoms with Gasteiger partial charge in [-0.15, -0.1) is 0 Å². The molecule has 2 N–H and O–H groups in total. The Kier molecular flexibility index (Phi) is 5.58. The van der Waals surface area contributed by atoms with Gasteiger partial charge in [0.25, 0.3) is 5.91 Å². The molecule has 1 amide bonds. The average molecular weight is 325 g/mol. The summed E-state index contributed by atoms with van der Waals surface area (Å²) in [5.74, 6) is 1.92. The Hall–Kier alpha value is -1.14. The van der Waals surface area contributed by atoms with E-state index in [-0.39, 0.29) is 5.91 Å². The average Bonchev–Trinajstić information content (AvgIpc) is 2.95. The van der Waals surface area contributed by atoms with Crippen molar-refractivity contribution in [1.29, 1.82) is 0 Å². The van der Waals surface area contributed by atoms with E-state index >= 15 is 0 Å². The molecule has 114 valence electrons. The molecule has 2 rings (SSSR count). The minimum Gasteiger partial charge on any atom is -0.479 e. The molecule has 1 aromatic rings. The molecule has 1 saturated heterocycles. The first-order chi connectivity index (χ1) is 10.1. The van der Waals surface area contributed by atoms with E-state index in [0.29, 0.717) is 17.7 Å². The van der Waals surface area contributed by atoms with E-state index in [1.807, 2.05) is 23.9 Å². The van der Waals surface area contributed by atoms with Crippen LogP contribution in [0.4, 0.5) is 0 Å². The van der Waals surface area contributed by atoms with E-state index in [0.717, 1.165) is 17.3 Å². The van der Waals surface area contributed by atoms with Crippen LogP contribution in [0.2, 0.25) is 0 Å². The number of carboxylic acid groups (broad SMARTS) is 1. The van der Waals surface area contributed by atoms with Crippen molar-refractivity contribution in [2.75, 3.05) is 17.3 Å². The first kappa shape index (κ1) is 16.2. The van der Waals surface area contributed by atoms with Crippen molar-refractivity contribution in [2.24, 2.45) is 0 Å². The fraction of sp³-hybridized carbons (Fsp3) is 0.467. The van der Waals surface area contributed by atoms with Crippen LogP contribution in [-0.4, -0.2) is 39.8 Å². The first-order valence-electron chi connectivity index (χ1n) is 6.88. The highest BCUT2D eigenvalue weighted by molar-refractivity contribution is 7.99. The van der Waals surface area contributed by atoms with Gasteiger partial charge in [0.05, 0.1) is 0 Å². The largest absolute Gasteiger partial charge is 0.479 e. The molecule has 0 spiro atoms. The van der Waals surface area contributed by atoms with Crippen molar-refractivity contribution >= 4 is 35.4 Å². The predicted octanol–water partition coefficient (Wildman–Crippen LogP) is 2.63. The third-order valence-corrected chi connectivity index (χ3v) is 5.61. The minimum atomic E-state index is -1.11. The van der Waals surface area contributed by atoms with Crippen molar-refractivity contribution in [2.45, 2.75) is 24.6 Å². The number of carboxylic acids is 1. The monoisotopic (exact) mass is 325 g/mol. The highest BCUT2D eigenvalue weighted by Crippen LogP contribution is 2.28. The molecule has 0 radical (unpaired) electrons. The van der Waals surface area contributed by atoms with Crippen molar-refractivity contribution in [3.8, 4) is 0 Å². The Morgan fingerprint density at radius 3 is 2.62 bits per heavy atom. The Labute approximate surface area is 133 Å². The number of aliphatic carboxylic acids is 1. The molecule has 0 bridgehead atoms. The summed E-state index contributed by atoms with van der Waals surface area (Å²) in [7, 11) is 0. The molecule has 0 aliphatic carbocycles. The number of hydrogen-bond donors (Lipinski definition) is 2. The number of amides is 1. The summed E-state index contributed by atoms with van der Waals surface area (Å²) in [6.07, 6.45) is 0.476. The van der Waals surface area contributed by atoms with Crippen LogP contribution in [-0.2, 0) is 10.5 Å². The number of carbonyl (C=O) groups excluding carboxylic acids is 1.